The number of aliphatic carboxylic acids is 1. The molecule has 9 heteroatoms. The van der Waals surface area contributed by atoms with E-state index in [1.165, 1.54) is 23.3 Å². The first kappa shape index (κ1) is 15.0. The maximum Gasteiger partial charge on any atom is 0.305 e. The number of rotatable bonds is 7. The summed E-state index contributed by atoms with van der Waals surface area (Å²) in [5, 5.41) is 19.8. The van der Waals surface area contributed by atoms with Gasteiger partial charge in [-0.3, -0.25) is 19.0 Å². The molecule has 0 spiro atoms. The SMILES string of the molecule is O=C(O)CCn1cc(C(=O)NCCn2cc(Cl)cn2)cn1. The second-order valence-corrected chi connectivity index (χ2v) is 4.75. The molecule has 2 N–H and O–H groups in total. The van der Waals surface area contributed by atoms with Crippen LogP contribution in [0.15, 0.2) is 24.8 Å². The van der Waals surface area contributed by atoms with Crippen LogP contribution in [-0.4, -0.2) is 43.1 Å². The van der Waals surface area contributed by atoms with Crippen LogP contribution in [0.2, 0.25) is 5.02 Å². The number of aryl methyl sites for hydroxylation is 1. The van der Waals surface area contributed by atoms with Crippen LogP contribution in [0.25, 0.3) is 0 Å². The zero-order valence-electron chi connectivity index (χ0n) is 11.1. The summed E-state index contributed by atoms with van der Waals surface area (Å²) in [6.07, 6.45) is 6.07. The predicted molar refractivity (Wildman–Crippen MR) is 74.1 cm³/mol. The molecule has 0 radical (unpaired) electrons. The quantitative estimate of drug-likeness (QED) is 0.781. The highest BCUT2D eigenvalue weighted by molar-refractivity contribution is 6.30. The second-order valence-electron chi connectivity index (χ2n) is 4.31. The Morgan fingerprint density at radius 1 is 1.19 bits per heavy atom. The number of nitrogens with zero attached hydrogens (tertiary/aromatic N) is 4. The maximum atomic E-state index is 11.9. The Bertz CT molecular complexity index is 636. The van der Waals surface area contributed by atoms with Crippen LogP contribution in [0.1, 0.15) is 16.8 Å². The van der Waals surface area contributed by atoms with E-state index in [-0.39, 0.29) is 18.9 Å². The summed E-state index contributed by atoms with van der Waals surface area (Å²) in [7, 11) is 0. The summed E-state index contributed by atoms with van der Waals surface area (Å²) in [6, 6.07) is 0. The predicted octanol–water partition coefficient (Wildman–Crippen LogP) is 0.638. The molecule has 0 aliphatic rings. The van der Waals surface area contributed by atoms with Crippen molar-refractivity contribution in [2.45, 2.75) is 19.5 Å². The first-order valence-electron chi connectivity index (χ1n) is 6.25. The first-order chi connectivity index (χ1) is 10.0. The van der Waals surface area contributed by atoms with Crippen molar-refractivity contribution in [1.29, 1.82) is 0 Å². The number of carboxylic acid groups (broad SMARTS) is 1. The van der Waals surface area contributed by atoms with E-state index < -0.39 is 5.97 Å². The number of carbonyl (C=O) groups is 2. The summed E-state index contributed by atoms with van der Waals surface area (Å²) in [4.78, 5) is 22.3. The van der Waals surface area contributed by atoms with Crippen molar-refractivity contribution < 1.29 is 14.7 Å². The molecule has 0 aromatic carbocycles. The molecule has 0 aliphatic carbocycles. The van der Waals surface area contributed by atoms with E-state index in [9.17, 15) is 9.59 Å². The highest BCUT2D eigenvalue weighted by atomic mass is 35.5. The van der Waals surface area contributed by atoms with Gasteiger partial charge in [0.15, 0.2) is 0 Å². The first-order valence-corrected chi connectivity index (χ1v) is 6.63. The second kappa shape index (κ2) is 6.89. The van der Waals surface area contributed by atoms with Crippen molar-refractivity contribution in [3.05, 3.63) is 35.4 Å². The Kier molecular flexibility index (Phi) is 4.94. The molecule has 8 nitrogen and oxygen atoms in total. The monoisotopic (exact) mass is 311 g/mol. The van der Waals surface area contributed by atoms with Crippen molar-refractivity contribution in [2.24, 2.45) is 0 Å². The van der Waals surface area contributed by atoms with Crippen LogP contribution in [0.5, 0.6) is 0 Å². The van der Waals surface area contributed by atoms with Crippen LogP contribution in [0.4, 0.5) is 0 Å². The minimum absolute atomic E-state index is 0.0389. The molecule has 0 aliphatic heterocycles. The van der Waals surface area contributed by atoms with Gasteiger partial charge in [0.05, 0.1) is 42.5 Å². The summed E-state index contributed by atoms with van der Waals surface area (Å²) in [5.41, 5.74) is 0.388. The molecule has 0 saturated carbocycles. The summed E-state index contributed by atoms with van der Waals surface area (Å²) in [6.45, 7) is 1.14. The lowest BCUT2D eigenvalue weighted by molar-refractivity contribution is -0.137. The van der Waals surface area contributed by atoms with Gasteiger partial charge in [-0.2, -0.15) is 10.2 Å². The maximum absolute atomic E-state index is 11.9. The molecule has 21 heavy (non-hydrogen) atoms. The van der Waals surface area contributed by atoms with Gasteiger partial charge < -0.3 is 10.4 Å². The molecule has 2 aromatic rings. The molecule has 0 atom stereocenters. The largest absolute Gasteiger partial charge is 0.481 e. The molecule has 112 valence electrons. The topological polar surface area (TPSA) is 102 Å². The smallest absolute Gasteiger partial charge is 0.305 e. The number of hydrogen-bond acceptors (Lipinski definition) is 4. The third-order valence-corrected chi connectivity index (χ3v) is 2.87. The molecule has 0 bridgehead atoms. The molecule has 1 amide bonds. The van der Waals surface area contributed by atoms with Crippen molar-refractivity contribution in [3.8, 4) is 0 Å². The van der Waals surface area contributed by atoms with Gasteiger partial charge in [0.1, 0.15) is 0 Å². The Labute approximate surface area is 125 Å². The van der Waals surface area contributed by atoms with Gasteiger partial charge in [-0.1, -0.05) is 11.6 Å². The van der Waals surface area contributed by atoms with Gasteiger partial charge in [0, 0.05) is 18.9 Å². The van der Waals surface area contributed by atoms with Gasteiger partial charge in [0.25, 0.3) is 5.91 Å². The van der Waals surface area contributed by atoms with Crippen LogP contribution in [0, 0.1) is 0 Å². The standard InChI is InChI=1S/C12H14ClN5O3/c13-10-6-16-18(8-10)4-2-14-12(21)9-5-15-17(7-9)3-1-11(19)20/h5-8H,1-4H2,(H,14,21)(H,19,20). The Morgan fingerprint density at radius 2 is 1.90 bits per heavy atom. The van der Waals surface area contributed by atoms with E-state index in [2.05, 4.69) is 15.5 Å². The van der Waals surface area contributed by atoms with Gasteiger partial charge in [-0.25, -0.2) is 0 Å². The van der Waals surface area contributed by atoms with Gasteiger partial charge >= 0.3 is 5.97 Å². The lowest BCUT2D eigenvalue weighted by Crippen LogP contribution is -2.27. The summed E-state index contributed by atoms with van der Waals surface area (Å²) < 4.78 is 3.05. The average molecular weight is 312 g/mol. The number of halogens is 1. The number of carboxylic acids is 1. The van der Waals surface area contributed by atoms with Gasteiger partial charge in [-0.05, 0) is 0 Å². The number of carbonyl (C=O) groups excluding carboxylic acids is 1. The zero-order valence-corrected chi connectivity index (χ0v) is 11.8. The Morgan fingerprint density at radius 3 is 2.57 bits per heavy atom. The number of amides is 1. The van der Waals surface area contributed by atoms with Crippen molar-refractivity contribution in [3.63, 3.8) is 0 Å². The van der Waals surface area contributed by atoms with Crippen LogP contribution in [-0.2, 0) is 17.9 Å². The number of nitrogens with one attached hydrogen (secondary N) is 1. The molecule has 2 rings (SSSR count). The fourth-order valence-corrected chi connectivity index (χ4v) is 1.82. The minimum Gasteiger partial charge on any atom is -0.481 e. The molecule has 2 aromatic heterocycles. The fourth-order valence-electron chi connectivity index (χ4n) is 1.66. The lowest BCUT2D eigenvalue weighted by atomic mass is 10.3. The Hall–Kier alpha value is -2.35. The van der Waals surface area contributed by atoms with Crippen molar-refractivity contribution in [1.82, 2.24) is 24.9 Å². The number of hydrogen-bond donors (Lipinski definition) is 2. The Balaban J connectivity index is 1.79. The van der Waals surface area contributed by atoms with Gasteiger partial charge in [-0.15, -0.1) is 0 Å². The number of aromatic nitrogens is 4. The van der Waals surface area contributed by atoms with Crippen LogP contribution < -0.4 is 5.32 Å². The highest BCUT2D eigenvalue weighted by Crippen LogP contribution is 2.04. The highest BCUT2D eigenvalue weighted by Gasteiger charge is 2.09. The van der Waals surface area contributed by atoms with E-state index in [1.807, 2.05) is 0 Å². The minimum atomic E-state index is -0.908. The van der Waals surface area contributed by atoms with E-state index in [0.29, 0.717) is 23.7 Å². The third kappa shape index (κ3) is 4.60. The van der Waals surface area contributed by atoms with E-state index >= 15 is 0 Å². The van der Waals surface area contributed by atoms with Crippen LogP contribution in [0.3, 0.4) is 0 Å². The van der Waals surface area contributed by atoms with Crippen molar-refractivity contribution >= 4 is 23.5 Å². The van der Waals surface area contributed by atoms with Crippen molar-refractivity contribution in [2.75, 3.05) is 6.54 Å². The lowest BCUT2D eigenvalue weighted by Gasteiger charge is -2.03. The van der Waals surface area contributed by atoms with E-state index in [1.54, 1.807) is 10.9 Å². The van der Waals surface area contributed by atoms with Gasteiger partial charge in [0.2, 0.25) is 0 Å². The molecule has 2 heterocycles. The fraction of sp³-hybridized carbons (Fsp3) is 0.333. The zero-order chi connectivity index (χ0) is 15.2. The normalized spacial score (nSPS) is 10.5. The molecule has 0 unspecified atom stereocenters. The third-order valence-electron chi connectivity index (χ3n) is 2.68. The molecular weight excluding hydrogens is 298 g/mol. The molecule has 0 fully saturated rings. The summed E-state index contributed by atoms with van der Waals surface area (Å²) >= 11 is 5.73. The van der Waals surface area contributed by atoms with E-state index in [0.717, 1.165) is 0 Å². The van der Waals surface area contributed by atoms with E-state index in [4.69, 9.17) is 16.7 Å². The summed E-state index contributed by atoms with van der Waals surface area (Å²) in [5.74, 6) is -1.18. The average Bonchev–Trinajstić information content (AvgIpc) is 3.05. The van der Waals surface area contributed by atoms with Crippen LogP contribution >= 0.6 is 11.6 Å². The molecule has 0 saturated heterocycles. The molecular formula is C12H14ClN5O3.